The lowest BCUT2D eigenvalue weighted by Gasteiger charge is -2.14. The molecule has 0 aliphatic heterocycles. The van der Waals surface area contributed by atoms with Gasteiger partial charge in [-0.2, -0.15) is 0 Å². The Bertz CT molecular complexity index is 273. The summed E-state index contributed by atoms with van der Waals surface area (Å²) in [6.07, 6.45) is 1.08. The maximum absolute atomic E-state index is 5.04. The summed E-state index contributed by atoms with van der Waals surface area (Å²) in [5.74, 6) is 0. The molecule has 1 aromatic rings. The van der Waals surface area contributed by atoms with Crippen LogP contribution in [0.1, 0.15) is 11.1 Å². The van der Waals surface area contributed by atoms with Crippen LogP contribution in [-0.2, 0) is 11.2 Å². The van der Waals surface area contributed by atoms with E-state index in [2.05, 4.69) is 43.1 Å². The number of hydrogen-bond acceptors (Lipinski definition) is 2. The van der Waals surface area contributed by atoms with Gasteiger partial charge in [-0.05, 0) is 26.0 Å². The molecule has 0 radical (unpaired) electrons. The smallest absolute Gasteiger partial charge is 0.0984 e. The molecule has 14 heavy (non-hydrogen) atoms. The molecule has 2 nitrogen and oxygen atoms in total. The number of aryl methyl sites for hydroxylation is 1. The first-order valence-electron chi connectivity index (χ1n) is 4.95. The first-order chi connectivity index (χ1) is 6.72. The standard InChI is InChI=1S/C12H19NO/c1-11-5-4-6-12(9-11)7-8-13(2)10-14-3/h4-6,9H,7-8,10H2,1-3H3. The molecule has 0 heterocycles. The Morgan fingerprint density at radius 3 is 2.79 bits per heavy atom. The van der Waals surface area contributed by atoms with Gasteiger partial charge in [-0.25, -0.2) is 0 Å². The summed E-state index contributed by atoms with van der Waals surface area (Å²) in [5, 5.41) is 0. The van der Waals surface area contributed by atoms with Gasteiger partial charge in [-0.3, -0.25) is 4.90 Å². The Hall–Kier alpha value is -0.860. The molecule has 0 fully saturated rings. The number of methoxy groups -OCH3 is 1. The highest BCUT2D eigenvalue weighted by atomic mass is 16.5. The van der Waals surface area contributed by atoms with E-state index in [9.17, 15) is 0 Å². The third-order valence-corrected chi connectivity index (χ3v) is 2.21. The first kappa shape index (κ1) is 11.2. The van der Waals surface area contributed by atoms with Crippen molar-refractivity contribution in [2.45, 2.75) is 13.3 Å². The van der Waals surface area contributed by atoms with Crippen molar-refractivity contribution < 1.29 is 4.74 Å². The molecule has 0 aliphatic carbocycles. The van der Waals surface area contributed by atoms with Gasteiger partial charge in [-0.1, -0.05) is 29.8 Å². The van der Waals surface area contributed by atoms with E-state index in [1.54, 1.807) is 7.11 Å². The van der Waals surface area contributed by atoms with E-state index >= 15 is 0 Å². The molecule has 0 N–H and O–H groups in total. The van der Waals surface area contributed by atoms with Crippen LogP contribution < -0.4 is 0 Å². The summed E-state index contributed by atoms with van der Waals surface area (Å²) in [6.45, 7) is 3.87. The molecule has 0 aliphatic rings. The summed E-state index contributed by atoms with van der Waals surface area (Å²) in [5.41, 5.74) is 2.73. The Kier molecular flexibility index (Phi) is 4.63. The average Bonchev–Trinajstić information content (AvgIpc) is 2.15. The molecule has 78 valence electrons. The molecular formula is C12H19NO. The van der Waals surface area contributed by atoms with Crippen molar-refractivity contribution in [2.24, 2.45) is 0 Å². The molecule has 0 saturated heterocycles. The highest BCUT2D eigenvalue weighted by Crippen LogP contribution is 2.04. The van der Waals surface area contributed by atoms with Gasteiger partial charge in [0.25, 0.3) is 0 Å². The molecule has 0 aromatic heterocycles. The molecule has 1 aromatic carbocycles. The second-order valence-corrected chi connectivity index (χ2v) is 3.74. The number of benzene rings is 1. The third kappa shape index (κ3) is 3.90. The van der Waals surface area contributed by atoms with Crippen LogP contribution in [0.3, 0.4) is 0 Å². The van der Waals surface area contributed by atoms with Crippen molar-refractivity contribution in [3.05, 3.63) is 35.4 Å². The van der Waals surface area contributed by atoms with Crippen molar-refractivity contribution in [1.29, 1.82) is 0 Å². The van der Waals surface area contributed by atoms with Crippen LogP contribution in [0.2, 0.25) is 0 Å². The summed E-state index contributed by atoms with van der Waals surface area (Å²) >= 11 is 0. The second-order valence-electron chi connectivity index (χ2n) is 3.74. The van der Waals surface area contributed by atoms with Crippen LogP contribution in [0, 0.1) is 6.92 Å². The van der Waals surface area contributed by atoms with Gasteiger partial charge in [0.1, 0.15) is 0 Å². The quantitative estimate of drug-likeness (QED) is 0.664. The van der Waals surface area contributed by atoms with E-state index in [4.69, 9.17) is 4.74 Å². The lowest BCUT2D eigenvalue weighted by Crippen LogP contribution is -2.23. The first-order valence-corrected chi connectivity index (χ1v) is 4.95. The number of likely N-dealkylation sites (N-methyl/N-ethyl adjacent to an activating group) is 1. The van der Waals surface area contributed by atoms with Gasteiger partial charge in [0.2, 0.25) is 0 Å². The zero-order valence-corrected chi connectivity index (χ0v) is 9.29. The highest BCUT2D eigenvalue weighted by molar-refractivity contribution is 5.22. The van der Waals surface area contributed by atoms with Gasteiger partial charge < -0.3 is 4.74 Å². The lowest BCUT2D eigenvalue weighted by atomic mass is 10.1. The molecule has 2 heteroatoms. The van der Waals surface area contributed by atoms with Crippen LogP contribution in [-0.4, -0.2) is 32.3 Å². The highest BCUT2D eigenvalue weighted by Gasteiger charge is 1.98. The van der Waals surface area contributed by atoms with E-state index in [0.29, 0.717) is 6.73 Å². The predicted molar refractivity (Wildman–Crippen MR) is 59.4 cm³/mol. The molecule has 0 unspecified atom stereocenters. The zero-order chi connectivity index (χ0) is 10.4. The number of nitrogens with zero attached hydrogens (tertiary/aromatic N) is 1. The normalized spacial score (nSPS) is 10.9. The van der Waals surface area contributed by atoms with Crippen LogP contribution in [0.4, 0.5) is 0 Å². The van der Waals surface area contributed by atoms with Crippen molar-refractivity contribution in [3.8, 4) is 0 Å². The molecule has 0 atom stereocenters. The van der Waals surface area contributed by atoms with E-state index in [1.807, 2.05) is 0 Å². The Labute approximate surface area is 86.5 Å². The SMILES string of the molecule is COCN(C)CCc1cccc(C)c1. The van der Waals surface area contributed by atoms with Crippen molar-refractivity contribution >= 4 is 0 Å². The zero-order valence-electron chi connectivity index (χ0n) is 9.29. The Morgan fingerprint density at radius 1 is 1.36 bits per heavy atom. The third-order valence-electron chi connectivity index (χ3n) is 2.21. The molecular weight excluding hydrogens is 174 g/mol. The minimum atomic E-state index is 0.700. The van der Waals surface area contributed by atoms with Gasteiger partial charge in [0, 0.05) is 13.7 Å². The van der Waals surface area contributed by atoms with Crippen LogP contribution in [0.25, 0.3) is 0 Å². The molecule has 1 rings (SSSR count). The summed E-state index contributed by atoms with van der Waals surface area (Å²) in [6, 6.07) is 8.65. The van der Waals surface area contributed by atoms with E-state index in [1.165, 1.54) is 11.1 Å². The number of hydrogen-bond donors (Lipinski definition) is 0. The van der Waals surface area contributed by atoms with E-state index < -0.39 is 0 Å². The maximum Gasteiger partial charge on any atom is 0.0984 e. The van der Waals surface area contributed by atoms with Crippen LogP contribution in [0.5, 0.6) is 0 Å². The molecule has 0 bridgehead atoms. The fourth-order valence-corrected chi connectivity index (χ4v) is 1.47. The van der Waals surface area contributed by atoms with Gasteiger partial charge in [0.05, 0.1) is 6.73 Å². The summed E-state index contributed by atoms with van der Waals surface area (Å²) in [7, 11) is 3.79. The van der Waals surface area contributed by atoms with E-state index in [-0.39, 0.29) is 0 Å². The van der Waals surface area contributed by atoms with Crippen molar-refractivity contribution in [2.75, 3.05) is 27.4 Å². The Balaban J connectivity index is 2.37. The van der Waals surface area contributed by atoms with E-state index in [0.717, 1.165) is 13.0 Å². The van der Waals surface area contributed by atoms with Gasteiger partial charge >= 0.3 is 0 Å². The van der Waals surface area contributed by atoms with Crippen molar-refractivity contribution in [1.82, 2.24) is 4.90 Å². The monoisotopic (exact) mass is 193 g/mol. The second kappa shape index (κ2) is 5.78. The van der Waals surface area contributed by atoms with Crippen molar-refractivity contribution in [3.63, 3.8) is 0 Å². The fraction of sp³-hybridized carbons (Fsp3) is 0.500. The van der Waals surface area contributed by atoms with Crippen LogP contribution in [0.15, 0.2) is 24.3 Å². The minimum Gasteiger partial charge on any atom is -0.369 e. The lowest BCUT2D eigenvalue weighted by molar-refractivity contribution is 0.0827. The molecule has 0 amide bonds. The Morgan fingerprint density at radius 2 is 2.14 bits per heavy atom. The van der Waals surface area contributed by atoms with Gasteiger partial charge in [0.15, 0.2) is 0 Å². The largest absolute Gasteiger partial charge is 0.369 e. The van der Waals surface area contributed by atoms with Gasteiger partial charge in [-0.15, -0.1) is 0 Å². The summed E-state index contributed by atoms with van der Waals surface area (Å²) in [4.78, 5) is 2.17. The molecule has 0 saturated carbocycles. The molecule has 0 spiro atoms. The van der Waals surface area contributed by atoms with Crippen LogP contribution >= 0.6 is 0 Å². The summed E-state index contributed by atoms with van der Waals surface area (Å²) < 4.78 is 5.04. The maximum atomic E-state index is 5.04. The average molecular weight is 193 g/mol. The number of ether oxygens (including phenoxy) is 1. The predicted octanol–water partition coefficient (Wildman–Crippen LogP) is 2.07. The topological polar surface area (TPSA) is 12.5 Å². The fourth-order valence-electron chi connectivity index (χ4n) is 1.47. The minimum absolute atomic E-state index is 0.700. The number of rotatable bonds is 5.